The van der Waals surface area contributed by atoms with Crippen LogP contribution in [0.1, 0.15) is 10.4 Å². The Kier molecular flexibility index (Phi) is 4.56. The summed E-state index contributed by atoms with van der Waals surface area (Å²) in [6, 6.07) is 6.70. The molecule has 22 heavy (non-hydrogen) atoms. The first-order valence-electron chi connectivity index (χ1n) is 5.91. The summed E-state index contributed by atoms with van der Waals surface area (Å²) >= 11 is 6.00. The number of rotatable bonds is 3. The molecule has 2 rings (SSSR count). The molecule has 0 spiro atoms. The minimum Gasteiger partial charge on any atom is -0.465 e. The summed E-state index contributed by atoms with van der Waals surface area (Å²) in [5.74, 6) is -1.09. The third kappa shape index (κ3) is 3.67. The molecule has 116 valence electrons. The fourth-order valence-corrected chi connectivity index (χ4v) is 2.01. The SMILES string of the molecule is COC(=O)c1cnc(-c2ccccc2OC(F)(F)F)c(Cl)c1. The highest BCUT2D eigenvalue weighted by molar-refractivity contribution is 6.33. The molecule has 4 nitrogen and oxygen atoms in total. The Morgan fingerprint density at radius 3 is 2.55 bits per heavy atom. The summed E-state index contributed by atoms with van der Waals surface area (Å²) in [7, 11) is 1.19. The molecule has 0 amide bonds. The van der Waals surface area contributed by atoms with Crippen LogP contribution in [0.5, 0.6) is 5.75 Å². The predicted molar refractivity (Wildman–Crippen MR) is 72.7 cm³/mol. The fraction of sp³-hybridized carbons (Fsp3) is 0.143. The Balaban J connectivity index is 2.47. The maximum Gasteiger partial charge on any atom is 0.573 e. The van der Waals surface area contributed by atoms with Crippen molar-refractivity contribution in [3.05, 3.63) is 47.1 Å². The van der Waals surface area contributed by atoms with Gasteiger partial charge in [0, 0.05) is 11.8 Å². The van der Waals surface area contributed by atoms with Crippen LogP contribution in [0.3, 0.4) is 0 Å². The van der Waals surface area contributed by atoms with E-state index >= 15 is 0 Å². The molecule has 0 N–H and O–H groups in total. The molecule has 0 saturated carbocycles. The summed E-state index contributed by atoms with van der Waals surface area (Å²) in [5.41, 5.74) is 0.209. The maximum atomic E-state index is 12.4. The maximum absolute atomic E-state index is 12.4. The first-order valence-corrected chi connectivity index (χ1v) is 6.28. The Bertz CT molecular complexity index is 704. The van der Waals surface area contributed by atoms with Gasteiger partial charge in [-0.15, -0.1) is 13.2 Å². The highest BCUT2D eigenvalue weighted by Crippen LogP contribution is 2.36. The lowest BCUT2D eigenvalue weighted by molar-refractivity contribution is -0.274. The van der Waals surface area contributed by atoms with Crippen LogP contribution in [0.4, 0.5) is 13.2 Å². The molecule has 0 aliphatic carbocycles. The number of methoxy groups -OCH3 is 1. The molecule has 0 radical (unpaired) electrons. The number of alkyl halides is 3. The topological polar surface area (TPSA) is 48.4 Å². The second kappa shape index (κ2) is 6.23. The van der Waals surface area contributed by atoms with Crippen molar-refractivity contribution < 1.29 is 27.4 Å². The van der Waals surface area contributed by atoms with E-state index in [9.17, 15) is 18.0 Å². The molecule has 0 atom stereocenters. The predicted octanol–water partition coefficient (Wildman–Crippen LogP) is 4.09. The highest BCUT2D eigenvalue weighted by Gasteiger charge is 2.32. The Hall–Kier alpha value is -2.28. The summed E-state index contributed by atoms with van der Waals surface area (Å²) in [6.45, 7) is 0. The van der Waals surface area contributed by atoms with E-state index in [1.807, 2.05) is 0 Å². The van der Waals surface area contributed by atoms with Gasteiger partial charge >= 0.3 is 12.3 Å². The van der Waals surface area contributed by atoms with Gasteiger partial charge < -0.3 is 9.47 Å². The van der Waals surface area contributed by atoms with Gasteiger partial charge in [-0.3, -0.25) is 4.98 Å². The number of carbonyl (C=O) groups excluding carboxylic acids is 1. The lowest BCUT2D eigenvalue weighted by atomic mass is 10.1. The number of aromatic nitrogens is 1. The van der Waals surface area contributed by atoms with Crippen molar-refractivity contribution in [2.45, 2.75) is 6.36 Å². The smallest absolute Gasteiger partial charge is 0.465 e. The van der Waals surface area contributed by atoms with Crippen molar-refractivity contribution in [3.8, 4) is 17.0 Å². The van der Waals surface area contributed by atoms with Crippen molar-refractivity contribution >= 4 is 17.6 Å². The van der Waals surface area contributed by atoms with Crippen LogP contribution in [0.2, 0.25) is 5.02 Å². The molecule has 1 aromatic carbocycles. The average molecular weight is 332 g/mol. The summed E-state index contributed by atoms with van der Waals surface area (Å²) in [6.07, 6.45) is -3.67. The first-order chi connectivity index (χ1) is 10.3. The second-order valence-corrected chi connectivity index (χ2v) is 4.50. The molecule has 0 fully saturated rings. The van der Waals surface area contributed by atoms with Crippen LogP contribution in [-0.4, -0.2) is 24.4 Å². The van der Waals surface area contributed by atoms with Gasteiger partial charge in [-0.2, -0.15) is 0 Å². The molecular weight excluding hydrogens is 323 g/mol. The molecule has 0 bridgehead atoms. The molecule has 2 aromatic rings. The van der Waals surface area contributed by atoms with Gasteiger partial charge in [0.25, 0.3) is 0 Å². The number of hydrogen-bond acceptors (Lipinski definition) is 4. The number of carbonyl (C=O) groups is 1. The van der Waals surface area contributed by atoms with E-state index in [-0.39, 0.29) is 21.8 Å². The standard InChI is InChI=1S/C14H9ClF3NO3/c1-21-13(20)8-6-10(15)12(19-7-8)9-4-2-3-5-11(9)22-14(16,17)18/h2-7H,1H3. The number of pyridine rings is 1. The summed E-state index contributed by atoms with van der Waals surface area (Å²) < 4.78 is 45.7. The molecule has 0 aliphatic rings. The number of benzene rings is 1. The molecule has 0 saturated heterocycles. The molecule has 8 heteroatoms. The van der Waals surface area contributed by atoms with E-state index in [0.717, 1.165) is 12.3 Å². The number of esters is 1. The molecule has 0 aliphatic heterocycles. The zero-order valence-corrected chi connectivity index (χ0v) is 11.9. The number of para-hydroxylation sites is 1. The van der Waals surface area contributed by atoms with Crippen LogP contribution >= 0.6 is 11.6 Å². The van der Waals surface area contributed by atoms with Gasteiger partial charge in [0.1, 0.15) is 5.75 Å². The first kappa shape index (κ1) is 16.1. The third-order valence-corrected chi connectivity index (χ3v) is 2.92. The van der Waals surface area contributed by atoms with Gasteiger partial charge in [-0.1, -0.05) is 23.7 Å². The highest BCUT2D eigenvalue weighted by atomic mass is 35.5. The van der Waals surface area contributed by atoms with Crippen molar-refractivity contribution in [2.24, 2.45) is 0 Å². The minimum absolute atomic E-state index is 0.00104. The van der Waals surface area contributed by atoms with E-state index in [0.29, 0.717) is 0 Å². The molecule has 0 unspecified atom stereocenters. The van der Waals surface area contributed by atoms with Crippen LogP contribution in [0, 0.1) is 0 Å². The van der Waals surface area contributed by atoms with E-state index in [1.165, 1.54) is 31.4 Å². The van der Waals surface area contributed by atoms with Gasteiger partial charge in [-0.25, -0.2) is 4.79 Å². The zero-order valence-electron chi connectivity index (χ0n) is 11.1. The van der Waals surface area contributed by atoms with Crippen molar-refractivity contribution in [1.82, 2.24) is 4.98 Å². The summed E-state index contributed by atoms with van der Waals surface area (Å²) in [4.78, 5) is 15.3. The van der Waals surface area contributed by atoms with Crippen molar-refractivity contribution in [2.75, 3.05) is 7.11 Å². The van der Waals surface area contributed by atoms with E-state index < -0.39 is 18.1 Å². The van der Waals surface area contributed by atoms with Crippen LogP contribution < -0.4 is 4.74 Å². The van der Waals surface area contributed by atoms with Gasteiger partial charge in [0.15, 0.2) is 0 Å². The van der Waals surface area contributed by atoms with Crippen LogP contribution in [0.25, 0.3) is 11.3 Å². The van der Waals surface area contributed by atoms with Gasteiger partial charge in [-0.05, 0) is 18.2 Å². The summed E-state index contributed by atoms with van der Waals surface area (Å²) in [5, 5.41) is 0.00104. The lowest BCUT2D eigenvalue weighted by Crippen LogP contribution is -2.17. The number of hydrogen-bond donors (Lipinski definition) is 0. The van der Waals surface area contributed by atoms with E-state index in [1.54, 1.807) is 0 Å². The van der Waals surface area contributed by atoms with Gasteiger partial charge in [0.05, 0.1) is 23.4 Å². The third-order valence-electron chi connectivity index (χ3n) is 2.63. The number of ether oxygens (including phenoxy) is 2. The molecule has 1 heterocycles. The number of nitrogens with zero attached hydrogens (tertiary/aromatic N) is 1. The molecular formula is C14H9ClF3NO3. The Labute approximate surface area is 128 Å². The average Bonchev–Trinajstić information content (AvgIpc) is 2.45. The monoisotopic (exact) mass is 331 g/mol. The largest absolute Gasteiger partial charge is 0.573 e. The van der Waals surface area contributed by atoms with Crippen LogP contribution in [0.15, 0.2) is 36.5 Å². The van der Waals surface area contributed by atoms with Crippen molar-refractivity contribution in [3.63, 3.8) is 0 Å². The van der Waals surface area contributed by atoms with E-state index in [4.69, 9.17) is 11.6 Å². The minimum atomic E-state index is -4.84. The fourth-order valence-electron chi connectivity index (χ4n) is 1.74. The molecule has 1 aromatic heterocycles. The second-order valence-electron chi connectivity index (χ2n) is 4.09. The van der Waals surface area contributed by atoms with E-state index in [2.05, 4.69) is 14.5 Å². The quantitative estimate of drug-likeness (QED) is 0.795. The normalized spacial score (nSPS) is 11.1. The zero-order chi connectivity index (χ0) is 16.3. The Morgan fingerprint density at radius 1 is 1.27 bits per heavy atom. The lowest BCUT2D eigenvalue weighted by Gasteiger charge is -2.13. The number of halogens is 4. The van der Waals surface area contributed by atoms with Crippen molar-refractivity contribution in [1.29, 1.82) is 0 Å². The van der Waals surface area contributed by atoms with Crippen LogP contribution in [-0.2, 0) is 4.74 Å². The Morgan fingerprint density at radius 2 is 1.95 bits per heavy atom. The van der Waals surface area contributed by atoms with Gasteiger partial charge in [0.2, 0.25) is 0 Å².